The van der Waals surface area contributed by atoms with E-state index < -0.39 is 38.3 Å². The third-order valence-corrected chi connectivity index (χ3v) is 13.6. The van der Waals surface area contributed by atoms with Crippen LogP contribution in [0.3, 0.4) is 0 Å². The van der Waals surface area contributed by atoms with E-state index in [1.807, 2.05) is 3.76 Å². The summed E-state index contributed by atoms with van der Waals surface area (Å²) in [7, 11) is -3.19. The van der Waals surface area contributed by atoms with Gasteiger partial charge in [-0.3, -0.25) is 0 Å². The van der Waals surface area contributed by atoms with Gasteiger partial charge in [0.25, 0.3) is 0 Å². The third-order valence-electron chi connectivity index (χ3n) is 2.05. The normalized spacial score (nSPS) is 65.7. The Balaban J connectivity index is 2.16. The molecule has 0 amide bonds. The van der Waals surface area contributed by atoms with Gasteiger partial charge in [0.1, 0.15) is 0 Å². The van der Waals surface area contributed by atoms with E-state index >= 15 is 0 Å². The number of phosphoric ester groups is 1. The fourth-order valence-electron chi connectivity index (χ4n) is 1.48. The minimum atomic E-state index is -3.19. The molecule has 4 heterocycles. The average Bonchev–Trinajstić information content (AvgIpc) is 2.34. The molecular formula is C4H2BrClInO4P. The second-order valence-corrected chi connectivity index (χ2v) is 10.1. The number of rotatable bonds is 0. The Kier molecular flexibility index (Phi) is 1.65. The molecule has 4 rings (SSSR count). The molecule has 0 aromatic carbocycles. The number of halogens is 2. The van der Waals surface area contributed by atoms with Crippen LogP contribution in [0.5, 0.6) is 0 Å². The van der Waals surface area contributed by atoms with Gasteiger partial charge in [-0.15, -0.1) is 0 Å². The van der Waals surface area contributed by atoms with E-state index in [1.54, 1.807) is 0 Å². The molecule has 3 saturated heterocycles. The third kappa shape index (κ3) is 0.794. The molecule has 0 aliphatic carbocycles. The van der Waals surface area contributed by atoms with Gasteiger partial charge in [0.15, 0.2) is 0 Å². The molecule has 4 aliphatic rings. The molecule has 1 spiro atoms. The Hall–Kier alpha value is 1.62. The van der Waals surface area contributed by atoms with E-state index in [-0.39, 0.29) is 5.38 Å². The molecule has 4 nitrogen and oxygen atoms in total. The molecular weight excluding hydrogens is 373 g/mol. The first-order valence-electron chi connectivity index (χ1n) is 3.24. The summed E-state index contributed by atoms with van der Waals surface area (Å²) < 4.78 is 27.1. The van der Waals surface area contributed by atoms with Gasteiger partial charge in [-0.1, -0.05) is 0 Å². The zero-order chi connectivity index (χ0) is 8.61. The Morgan fingerprint density at radius 3 is 2.83 bits per heavy atom. The van der Waals surface area contributed by atoms with Gasteiger partial charge >= 0.3 is 93.1 Å². The number of phosphoric acid groups is 1. The van der Waals surface area contributed by atoms with Crippen LogP contribution >= 0.6 is 35.4 Å². The average molecular weight is 375 g/mol. The van der Waals surface area contributed by atoms with Crippen LogP contribution in [0.2, 0.25) is 0 Å². The molecule has 4 aliphatic heterocycles. The van der Waals surface area contributed by atoms with Crippen molar-refractivity contribution < 1.29 is 18.1 Å². The quantitative estimate of drug-likeness (QED) is 0.469. The second-order valence-electron chi connectivity index (χ2n) is 2.79. The molecule has 0 radical (unpaired) electrons. The van der Waals surface area contributed by atoms with Crippen molar-refractivity contribution in [3.05, 3.63) is 0 Å². The van der Waals surface area contributed by atoms with Gasteiger partial charge in [0.05, 0.1) is 0 Å². The van der Waals surface area contributed by atoms with E-state index in [2.05, 4.69) is 15.9 Å². The van der Waals surface area contributed by atoms with E-state index in [9.17, 15) is 4.57 Å². The van der Waals surface area contributed by atoms with Crippen LogP contribution in [0, 0.1) is 0 Å². The molecule has 0 N–H and O–H groups in total. The van der Waals surface area contributed by atoms with Gasteiger partial charge in [-0.05, 0) is 0 Å². The molecule has 2 atom stereocenters. The summed E-state index contributed by atoms with van der Waals surface area (Å²) in [4.78, 5) is 0. The second kappa shape index (κ2) is 2.23. The zero-order valence-corrected chi connectivity index (χ0v) is 12.1. The van der Waals surface area contributed by atoms with Crippen molar-refractivity contribution >= 4 is 61.5 Å². The van der Waals surface area contributed by atoms with Gasteiger partial charge < -0.3 is 0 Å². The Morgan fingerprint density at radius 2 is 2.25 bits per heavy atom. The molecule has 3 fully saturated rings. The number of hydrogen-bond donors (Lipinski definition) is 0. The van der Waals surface area contributed by atoms with Crippen LogP contribution in [0.1, 0.15) is 0 Å². The van der Waals surface area contributed by atoms with Crippen LogP contribution in [-0.2, 0) is 18.1 Å². The summed E-state index contributed by atoms with van der Waals surface area (Å²) in [5.41, 5.74) is 0. The SMILES string of the molecule is O=P12O[C]3(O1)[In]=[CH]C(Cl)C3(Br)O2. The zero-order valence-electron chi connectivity index (χ0n) is 5.57. The monoisotopic (exact) mass is 374 g/mol. The first-order chi connectivity index (χ1) is 5.50. The van der Waals surface area contributed by atoms with Crippen LogP contribution in [-0.4, -0.2) is 39.6 Å². The summed E-state index contributed by atoms with van der Waals surface area (Å²) in [5, 5.41) is -0.294. The molecule has 0 aromatic rings. The minimum absolute atomic E-state index is 0.294. The molecule has 2 unspecified atom stereocenters. The van der Waals surface area contributed by atoms with Gasteiger partial charge in [0, 0.05) is 0 Å². The van der Waals surface area contributed by atoms with E-state index in [1.165, 1.54) is 0 Å². The molecule has 0 aromatic heterocycles. The number of hydrogen-bond acceptors (Lipinski definition) is 4. The molecule has 64 valence electrons. The number of alkyl halides is 2. The van der Waals surface area contributed by atoms with Crippen molar-refractivity contribution in [3.8, 4) is 0 Å². The van der Waals surface area contributed by atoms with Crippen LogP contribution in [0.4, 0.5) is 0 Å². The topological polar surface area (TPSA) is 44.8 Å². The van der Waals surface area contributed by atoms with E-state index in [0.29, 0.717) is 0 Å². The predicted octanol–water partition coefficient (Wildman–Crippen LogP) is 1.04. The standard InChI is InChI=1S/C4H2BrClO4P.In/c1-2(6)4(5)3-8-11(7,9-3)10-4;/h1-2H;. The maximum absolute atomic E-state index is 11.3. The molecule has 8 heteroatoms. The van der Waals surface area contributed by atoms with Crippen LogP contribution in [0.15, 0.2) is 0 Å². The predicted molar refractivity (Wildman–Crippen MR) is 46.7 cm³/mol. The molecule has 0 saturated carbocycles. The first kappa shape index (κ1) is 8.89. The first-order valence-corrected chi connectivity index (χ1v) is 9.48. The van der Waals surface area contributed by atoms with Crippen molar-refractivity contribution in [2.24, 2.45) is 0 Å². The molecule has 12 heavy (non-hydrogen) atoms. The fourth-order valence-corrected chi connectivity index (χ4v) is 13.9. The Bertz CT molecular complexity index is 338. The fraction of sp³-hybridized carbons (Fsp3) is 0.750. The maximum atomic E-state index is 11.3. The summed E-state index contributed by atoms with van der Waals surface area (Å²) in [6.07, 6.45) is 0. The van der Waals surface area contributed by atoms with E-state index in [4.69, 9.17) is 25.2 Å². The van der Waals surface area contributed by atoms with Gasteiger partial charge in [-0.2, -0.15) is 0 Å². The van der Waals surface area contributed by atoms with Crippen LogP contribution < -0.4 is 0 Å². The summed E-state index contributed by atoms with van der Waals surface area (Å²) in [6.45, 7) is 0. The Labute approximate surface area is 92.5 Å². The summed E-state index contributed by atoms with van der Waals surface area (Å²) in [6, 6.07) is 0. The van der Waals surface area contributed by atoms with Crippen molar-refractivity contribution in [1.29, 1.82) is 0 Å². The summed E-state index contributed by atoms with van der Waals surface area (Å²) in [5.74, 6) is 0. The summed E-state index contributed by atoms with van der Waals surface area (Å²) >= 11 is 8.08. The van der Waals surface area contributed by atoms with Crippen molar-refractivity contribution in [3.63, 3.8) is 0 Å². The van der Waals surface area contributed by atoms with Crippen molar-refractivity contribution in [1.82, 2.24) is 0 Å². The molecule has 2 bridgehead atoms. The van der Waals surface area contributed by atoms with Crippen molar-refractivity contribution in [2.45, 2.75) is 13.4 Å². The van der Waals surface area contributed by atoms with Gasteiger partial charge in [-0.25, -0.2) is 0 Å². The van der Waals surface area contributed by atoms with Crippen molar-refractivity contribution in [2.75, 3.05) is 0 Å². The van der Waals surface area contributed by atoms with Gasteiger partial charge in [0.2, 0.25) is 0 Å². The van der Waals surface area contributed by atoms with E-state index in [0.717, 1.165) is 0 Å². The van der Waals surface area contributed by atoms with Crippen LogP contribution in [0.25, 0.3) is 0 Å². The Morgan fingerprint density at radius 1 is 1.58 bits per heavy atom.